The minimum absolute atomic E-state index is 0.0667. The summed E-state index contributed by atoms with van der Waals surface area (Å²) in [7, 11) is 0. The van der Waals surface area contributed by atoms with Crippen molar-refractivity contribution in [2.24, 2.45) is 0 Å². The Labute approximate surface area is 144 Å². The summed E-state index contributed by atoms with van der Waals surface area (Å²) < 4.78 is 1.68. The molecule has 6 nitrogen and oxygen atoms in total. The molecule has 0 amide bonds. The van der Waals surface area contributed by atoms with Gasteiger partial charge in [0.25, 0.3) is 0 Å². The van der Waals surface area contributed by atoms with Crippen molar-refractivity contribution in [1.82, 2.24) is 25.2 Å². The fraction of sp³-hybridized carbons (Fsp3) is 0.294. The second kappa shape index (κ2) is 6.60. The Morgan fingerprint density at radius 2 is 2.00 bits per heavy atom. The minimum Gasteiger partial charge on any atom is -0.362 e. The zero-order valence-electron chi connectivity index (χ0n) is 14.1. The number of tetrazole rings is 1. The number of hydrogen-bond acceptors (Lipinski definition) is 5. The van der Waals surface area contributed by atoms with Crippen LogP contribution in [0.1, 0.15) is 32.9 Å². The summed E-state index contributed by atoms with van der Waals surface area (Å²) in [5.41, 5.74) is 5.81. The monoisotopic (exact) mass is 341 g/mol. The number of aromatic amines is 1. The number of hydrogen-bond donors (Lipinski definition) is 1. The predicted octanol–water partition coefficient (Wildman–Crippen LogP) is 3.20. The van der Waals surface area contributed by atoms with Crippen LogP contribution in [-0.4, -0.2) is 36.7 Å². The first-order chi connectivity index (χ1) is 11.5. The standard InChI is InChI=1S/C17H19N5OS/c1-10-5-6-15(11(2)7-10)22-17(19-20-21-22)24-9-16(23)14-8-12(3)18-13(14)4/h5-8,18H,9H2,1-4H3. The van der Waals surface area contributed by atoms with E-state index in [1.54, 1.807) is 4.68 Å². The van der Waals surface area contributed by atoms with Crippen molar-refractivity contribution < 1.29 is 4.79 Å². The van der Waals surface area contributed by atoms with Gasteiger partial charge in [-0.2, -0.15) is 4.68 Å². The number of Topliss-reactive ketones (excluding diaryl/α,β-unsaturated/α-hetero) is 1. The fourth-order valence-corrected chi connectivity index (χ4v) is 3.45. The molecule has 1 N–H and O–H groups in total. The van der Waals surface area contributed by atoms with E-state index in [2.05, 4.69) is 26.6 Å². The van der Waals surface area contributed by atoms with E-state index in [1.165, 1.54) is 17.3 Å². The number of carbonyl (C=O) groups is 1. The number of H-pyrrole nitrogens is 1. The minimum atomic E-state index is 0.0667. The number of nitrogens with one attached hydrogen (secondary N) is 1. The highest BCUT2D eigenvalue weighted by molar-refractivity contribution is 7.99. The van der Waals surface area contributed by atoms with Crippen molar-refractivity contribution >= 4 is 17.5 Å². The van der Waals surface area contributed by atoms with Crippen molar-refractivity contribution in [3.8, 4) is 5.69 Å². The highest BCUT2D eigenvalue weighted by Gasteiger charge is 2.16. The maximum Gasteiger partial charge on any atom is 0.214 e. The Kier molecular flexibility index (Phi) is 4.53. The molecule has 3 rings (SSSR count). The first-order valence-corrected chi connectivity index (χ1v) is 8.62. The van der Waals surface area contributed by atoms with E-state index in [1.807, 2.05) is 45.9 Å². The molecular formula is C17H19N5OS. The highest BCUT2D eigenvalue weighted by atomic mass is 32.2. The molecule has 0 aliphatic rings. The van der Waals surface area contributed by atoms with Crippen LogP contribution in [-0.2, 0) is 0 Å². The number of nitrogens with zero attached hydrogens (tertiary/aromatic N) is 4. The number of thioether (sulfide) groups is 1. The van der Waals surface area contributed by atoms with Gasteiger partial charge in [-0.25, -0.2) is 0 Å². The first-order valence-electron chi connectivity index (χ1n) is 7.64. The average molecular weight is 341 g/mol. The fourth-order valence-electron chi connectivity index (χ4n) is 2.68. The van der Waals surface area contributed by atoms with Crippen LogP contribution in [0.15, 0.2) is 29.4 Å². The summed E-state index contributed by atoms with van der Waals surface area (Å²) in [6, 6.07) is 7.98. The van der Waals surface area contributed by atoms with E-state index in [0.29, 0.717) is 10.9 Å². The highest BCUT2D eigenvalue weighted by Crippen LogP contribution is 2.23. The zero-order valence-corrected chi connectivity index (χ0v) is 14.9. The number of aromatic nitrogens is 5. The number of benzene rings is 1. The number of ketones is 1. The molecule has 2 aromatic heterocycles. The van der Waals surface area contributed by atoms with Gasteiger partial charge in [0.05, 0.1) is 11.4 Å². The number of aryl methyl sites for hydroxylation is 4. The molecule has 0 bridgehead atoms. The Morgan fingerprint density at radius 1 is 1.21 bits per heavy atom. The Morgan fingerprint density at radius 3 is 2.67 bits per heavy atom. The Hall–Kier alpha value is -2.41. The van der Waals surface area contributed by atoms with Gasteiger partial charge in [0.15, 0.2) is 5.78 Å². The lowest BCUT2D eigenvalue weighted by Crippen LogP contribution is -2.06. The topological polar surface area (TPSA) is 76.5 Å². The van der Waals surface area contributed by atoms with Crippen LogP contribution >= 0.6 is 11.8 Å². The molecule has 2 heterocycles. The van der Waals surface area contributed by atoms with Crippen LogP contribution in [0.4, 0.5) is 0 Å². The number of rotatable bonds is 5. The lowest BCUT2D eigenvalue weighted by Gasteiger charge is -2.08. The molecule has 0 radical (unpaired) electrons. The summed E-state index contributed by atoms with van der Waals surface area (Å²) in [6.07, 6.45) is 0. The zero-order chi connectivity index (χ0) is 17.3. The summed E-state index contributed by atoms with van der Waals surface area (Å²) in [4.78, 5) is 15.6. The molecule has 7 heteroatoms. The van der Waals surface area contributed by atoms with Crippen molar-refractivity contribution in [3.63, 3.8) is 0 Å². The lowest BCUT2D eigenvalue weighted by atomic mass is 10.1. The molecule has 24 heavy (non-hydrogen) atoms. The Balaban J connectivity index is 1.79. The third-order valence-electron chi connectivity index (χ3n) is 3.80. The quantitative estimate of drug-likeness (QED) is 0.570. The Bertz CT molecular complexity index is 896. The predicted molar refractivity (Wildman–Crippen MR) is 93.9 cm³/mol. The number of carbonyl (C=O) groups excluding carboxylic acids is 1. The van der Waals surface area contributed by atoms with Crippen LogP contribution in [0, 0.1) is 27.7 Å². The van der Waals surface area contributed by atoms with Crippen molar-refractivity contribution in [2.75, 3.05) is 5.75 Å². The molecule has 0 spiro atoms. The summed E-state index contributed by atoms with van der Waals surface area (Å²) in [5, 5.41) is 12.5. The van der Waals surface area contributed by atoms with Crippen molar-refractivity contribution in [1.29, 1.82) is 0 Å². The van der Waals surface area contributed by atoms with Crippen molar-refractivity contribution in [3.05, 3.63) is 52.3 Å². The van der Waals surface area contributed by atoms with Crippen LogP contribution in [0.5, 0.6) is 0 Å². The largest absolute Gasteiger partial charge is 0.362 e. The molecule has 0 aliphatic heterocycles. The second-order valence-electron chi connectivity index (χ2n) is 5.87. The summed E-state index contributed by atoms with van der Waals surface area (Å²) in [6.45, 7) is 7.92. The van der Waals surface area contributed by atoms with Gasteiger partial charge in [-0.1, -0.05) is 29.5 Å². The van der Waals surface area contributed by atoms with E-state index >= 15 is 0 Å². The van der Waals surface area contributed by atoms with Gasteiger partial charge in [-0.15, -0.1) is 5.10 Å². The molecule has 0 atom stereocenters. The van der Waals surface area contributed by atoms with E-state index < -0.39 is 0 Å². The molecule has 0 saturated heterocycles. The molecular weight excluding hydrogens is 322 g/mol. The molecule has 0 aliphatic carbocycles. The van der Waals surface area contributed by atoms with Gasteiger partial charge >= 0.3 is 0 Å². The maximum atomic E-state index is 12.4. The van der Waals surface area contributed by atoms with Crippen molar-refractivity contribution in [2.45, 2.75) is 32.9 Å². The normalized spacial score (nSPS) is 11.0. The SMILES string of the molecule is Cc1ccc(-n2nnnc2SCC(=O)c2cc(C)[nH]c2C)c(C)c1. The second-order valence-corrected chi connectivity index (χ2v) is 6.81. The average Bonchev–Trinajstić information content (AvgIpc) is 3.11. The van der Waals surface area contributed by atoms with Gasteiger partial charge in [-0.05, 0) is 55.8 Å². The first kappa shape index (κ1) is 16.4. The van der Waals surface area contributed by atoms with E-state index in [0.717, 1.165) is 28.2 Å². The smallest absolute Gasteiger partial charge is 0.214 e. The molecule has 124 valence electrons. The van der Waals surface area contributed by atoms with Gasteiger partial charge in [0.2, 0.25) is 5.16 Å². The summed E-state index contributed by atoms with van der Waals surface area (Å²) >= 11 is 1.35. The van der Waals surface area contributed by atoms with Gasteiger partial charge < -0.3 is 4.98 Å². The maximum absolute atomic E-state index is 12.4. The molecule has 0 saturated carbocycles. The molecule has 0 fully saturated rings. The van der Waals surface area contributed by atoms with Crippen LogP contribution in [0.25, 0.3) is 5.69 Å². The summed E-state index contributed by atoms with van der Waals surface area (Å²) in [5.74, 6) is 0.362. The molecule has 1 aromatic carbocycles. The van der Waals surface area contributed by atoms with Gasteiger partial charge in [0, 0.05) is 17.0 Å². The lowest BCUT2D eigenvalue weighted by molar-refractivity contribution is 0.102. The van der Waals surface area contributed by atoms with E-state index in [-0.39, 0.29) is 5.78 Å². The molecule has 0 unspecified atom stereocenters. The van der Waals surface area contributed by atoms with Gasteiger partial charge in [-0.3, -0.25) is 4.79 Å². The van der Waals surface area contributed by atoms with E-state index in [9.17, 15) is 4.79 Å². The van der Waals surface area contributed by atoms with Crippen LogP contribution in [0.3, 0.4) is 0 Å². The van der Waals surface area contributed by atoms with Crippen LogP contribution < -0.4 is 0 Å². The third-order valence-corrected chi connectivity index (χ3v) is 4.72. The van der Waals surface area contributed by atoms with Crippen LogP contribution in [0.2, 0.25) is 0 Å². The van der Waals surface area contributed by atoms with Gasteiger partial charge in [0.1, 0.15) is 0 Å². The van der Waals surface area contributed by atoms with E-state index in [4.69, 9.17) is 0 Å². The third kappa shape index (κ3) is 3.26. The molecule has 3 aromatic rings.